The SMILES string of the molecule is CN=C(NCCC(C)c1ccc(OC)cc1)NCc1ccnc(N2CCOC(C)C2)c1.I. The van der Waals surface area contributed by atoms with E-state index in [2.05, 4.69) is 57.6 Å². The minimum atomic E-state index is 0. The first-order valence-electron chi connectivity index (χ1n) is 11.0. The molecule has 0 radical (unpaired) electrons. The fourth-order valence-corrected chi connectivity index (χ4v) is 3.68. The Balaban J connectivity index is 0.00000363. The van der Waals surface area contributed by atoms with Crippen LogP contribution in [-0.2, 0) is 11.3 Å². The number of rotatable bonds is 8. The van der Waals surface area contributed by atoms with Gasteiger partial charge in [-0.3, -0.25) is 4.99 Å². The summed E-state index contributed by atoms with van der Waals surface area (Å²) in [7, 11) is 3.49. The number of ether oxygens (including phenoxy) is 2. The molecule has 2 N–H and O–H groups in total. The van der Waals surface area contributed by atoms with E-state index in [1.165, 1.54) is 11.1 Å². The molecule has 1 aliphatic rings. The summed E-state index contributed by atoms with van der Waals surface area (Å²) in [6.45, 7) is 8.39. The first-order chi connectivity index (χ1) is 15.1. The predicted molar refractivity (Wildman–Crippen MR) is 142 cm³/mol. The highest BCUT2D eigenvalue weighted by molar-refractivity contribution is 14.0. The second kappa shape index (κ2) is 13.5. The zero-order valence-corrected chi connectivity index (χ0v) is 21.8. The van der Waals surface area contributed by atoms with Gasteiger partial charge in [-0.2, -0.15) is 0 Å². The molecule has 2 unspecified atom stereocenters. The van der Waals surface area contributed by atoms with Crippen molar-refractivity contribution >= 4 is 35.8 Å². The number of aliphatic imine (C=N–C) groups is 1. The molecule has 2 heterocycles. The summed E-state index contributed by atoms with van der Waals surface area (Å²) in [6, 6.07) is 12.5. The van der Waals surface area contributed by atoms with Crippen molar-refractivity contribution in [3.8, 4) is 5.75 Å². The number of hydrogen-bond donors (Lipinski definition) is 2. The van der Waals surface area contributed by atoms with Crippen LogP contribution in [0.15, 0.2) is 47.6 Å². The van der Waals surface area contributed by atoms with Gasteiger partial charge < -0.3 is 25.0 Å². The molecule has 0 amide bonds. The van der Waals surface area contributed by atoms with Crippen molar-refractivity contribution in [2.75, 3.05) is 45.3 Å². The number of methoxy groups -OCH3 is 1. The summed E-state index contributed by atoms with van der Waals surface area (Å²) in [5.41, 5.74) is 2.49. The van der Waals surface area contributed by atoms with Gasteiger partial charge in [-0.25, -0.2) is 4.98 Å². The number of benzene rings is 1. The highest BCUT2D eigenvalue weighted by Crippen LogP contribution is 2.21. The normalized spacial score (nSPS) is 17.3. The van der Waals surface area contributed by atoms with Crippen LogP contribution in [0.3, 0.4) is 0 Å². The van der Waals surface area contributed by atoms with Crippen molar-refractivity contribution in [3.05, 3.63) is 53.7 Å². The smallest absolute Gasteiger partial charge is 0.191 e. The Morgan fingerprint density at radius 1 is 1.28 bits per heavy atom. The zero-order valence-electron chi connectivity index (χ0n) is 19.5. The molecule has 7 nitrogen and oxygen atoms in total. The van der Waals surface area contributed by atoms with Crippen LogP contribution < -0.4 is 20.3 Å². The predicted octanol–water partition coefficient (Wildman–Crippen LogP) is 3.79. The maximum Gasteiger partial charge on any atom is 0.191 e. The van der Waals surface area contributed by atoms with Crippen molar-refractivity contribution < 1.29 is 9.47 Å². The Hall–Kier alpha value is -2.07. The topological polar surface area (TPSA) is 71.0 Å². The summed E-state index contributed by atoms with van der Waals surface area (Å²) >= 11 is 0. The molecule has 0 aliphatic carbocycles. The molecule has 1 aromatic carbocycles. The van der Waals surface area contributed by atoms with Crippen molar-refractivity contribution in [1.82, 2.24) is 15.6 Å². The molecule has 1 aromatic heterocycles. The Morgan fingerprint density at radius 3 is 2.75 bits per heavy atom. The number of nitrogens with zero attached hydrogens (tertiary/aromatic N) is 3. The van der Waals surface area contributed by atoms with Gasteiger partial charge in [0, 0.05) is 39.4 Å². The van der Waals surface area contributed by atoms with Crippen LogP contribution in [0.25, 0.3) is 0 Å². The lowest BCUT2D eigenvalue weighted by atomic mass is 9.98. The van der Waals surface area contributed by atoms with Crippen LogP contribution >= 0.6 is 24.0 Å². The molecular weight excluding hydrogens is 517 g/mol. The maximum atomic E-state index is 5.63. The van der Waals surface area contributed by atoms with Gasteiger partial charge in [-0.05, 0) is 54.7 Å². The van der Waals surface area contributed by atoms with Crippen LogP contribution in [-0.4, -0.2) is 57.4 Å². The van der Waals surface area contributed by atoms with E-state index >= 15 is 0 Å². The molecule has 0 spiro atoms. The largest absolute Gasteiger partial charge is 0.497 e. The summed E-state index contributed by atoms with van der Waals surface area (Å²) < 4.78 is 10.9. The highest BCUT2D eigenvalue weighted by Gasteiger charge is 2.18. The zero-order chi connectivity index (χ0) is 22.1. The lowest BCUT2D eigenvalue weighted by molar-refractivity contribution is 0.0529. The lowest BCUT2D eigenvalue weighted by Gasteiger charge is -2.32. The van der Waals surface area contributed by atoms with E-state index in [4.69, 9.17) is 9.47 Å². The van der Waals surface area contributed by atoms with E-state index in [9.17, 15) is 0 Å². The van der Waals surface area contributed by atoms with Gasteiger partial charge in [-0.15, -0.1) is 24.0 Å². The number of hydrogen-bond acceptors (Lipinski definition) is 5. The van der Waals surface area contributed by atoms with E-state index in [1.54, 1.807) is 14.2 Å². The summed E-state index contributed by atoms with van der Waals surface area (Å²) in [5, 5.41) is 6.82. The molecule has 32 heavy (non-hydrogen) atoms. The Bertz CT molecular complexity index is 847. The van der Waals surface area contributed by atoms with Crippen molar-refractivity contribution in [2.24, 2.45) is 4.99 Å². The minimum Gasteiger partial charge on any atom is -0.497 e. The lowest BCUT2D eigenvalue weighted by Crippen LogP contribution is -2.41. The van der Waals surface area contributed by atoms with Gasteiger partial charge >= 0.3 is 0 Å². The summed E-state index contributed by atoms with van der Waals surface area (Å²) in [4.78, 5) is 11.2. The Kier molecular flexibility index (Phi) is 11.0. The molecular formula is C24H36IN5O2. The number of morpholine rings is 1. The number of aromatic nitrogens is 1. The first kappa shape index (κ1) is 26.2. The fourth-order valence-electron chi connectivity index (χ4n) is 3.68. The van der Waals surface area contributed by atoms with Crippen LogP contribution in [0, 0.1) is 0 Å². The standard InChI is InChI=1S/C24H35N5O2.HI/c1-18(21-5-7-22(30-4)8-6-21)9-11-27-24(25-3)28-16-20-10-12-26-23(15-20)29-13-14-31-19(2)17-29;/h5-8,10,12,15,18-19H,9,11,13-14,16-17H2,1-4H3,(H2,25,27,28);1H. The molecule has 176 valence electrons. The van der Waals surface area contributed by atoms with Crippen LogP contribution in [0.4, 0.5) is 5.82 Å². The molecule has 8 heteroatoms. The van der Waals surface area contributed by atoms with Crippen LogP contribution in [0.2, 0.25) is 0 Å². The number of guanidine groups is 1. The molecule has 2 atom stereocenters. The molecule has 1 saturated heterocycles. The third-order valence-corrected chi connectivity index (χ3v) is 5.61. The van der Waals surface area contributed by atoms with E-state index in [1.807, 2.05) is 24.4 Å². The van der Waals surface area contributed by atoms with Gasteiger partial charge in [0.2, 0.25) is 0 Å². The average molecular weight is 553 g/mol. The summed E-state index contributed by atoms with van der Waals surface area (Å²) in [5.74, 6) is 3.15. The van der Waals surface area contributed by atoms with E-state index in [0.29, 0.717) is 12.5 Å². The fraction of sp³-hybridized carbons (Fsp3) is 0.500. The maximum absolute atomic E-state index is 5.63. The van der Waals surface area contributed by atoms with Crippen molar-refractivity contribution in [3.63, 3.8) is 0 Å². The van der Waals surface area contributed by atoms with Crippen molar-refractivity contribution in [1.29, 1.82) is 0 Å². The minimum absolute atomic E-state index is 0. The van der Waals surface area contributed by atoms with Gasteiger partial charge in [0.05, 0.1) is 19.8 Å². The van der Waals surface area contributed by atoms with E-state index in [0.717, 1.165) is 50.2 Å². The summed E-state index contributed by atoms with van der Waals surface area (Å²) in [6.07, 6.45) is 3.13. The number of halogens is 1. The molecule has 2 aromatic rings. The van der Waals surface area contributed by atoms with Gasteiger partial charge in [0.1, 0.15) is 11.6 Å². The third-order valence-electron chi connectivity index (χ3n) is 5.61. The molecule has 1 aliphatic heterocycles. The quantitative estimate of drug-likeness (QED) is 0.295. The Labute approximate surface area is 209 Å². The highest BCUT2D eigenvalue weighted by atomic mass is 127. The third kappa shape index (κ3) is 7.81. The van der Waals surface area contributed by atoms with E-state index in [-0.39, 0.29) is 30.1 Å². The van der Waals surface area contributed by atoms with Gasteiger partial charge in [0.15, 0.2) is 5.96 Å². The second-order valence-corrected chi connectivity index (χ2v) is 7.97. The Morgan fingerprint density at radius 2 is 2.06 bits per heavy atom. The number of pyridine rings is 1. The van der Waals surface area contributed by atoms with Crippen LogP contribution in [0.1, 0.15) is 37.3 Å². The molecule has 1 fully saturated rings. The number of nitrogens with one attached hydrogen (secondary N) is 2. The molecule has 3 rings (SSSR count). The monoisotopic (exact) mass is 553 g/mol. The van der Waals surface area contributed by atoms with Crippen LogP contribution in [0.5, 0.6) is 5.75 Å². The first-order valence-corrected chi connectivity index (χ1v) is 11.0. The average Bonchev–Trinajstić information content (AvgIpc) is 2.81. The van der Waals surface area contributed by atoms with Gasteiger partial charge in [-0.1, -0.05) is 19.1 Å². The van der Waals surface area contributed by atoms with Crippen molar-refractivity contribution in [2.45, 2.75) is 38.8 Å². The number of anilines is 1. The second-order valence-electron chi connectivity index (χ2n) is 7.97. The van der Waals surface area contributed by atoms with E-state index < -0.39 is 0 Å². The van der Waals surface area contributed by atoms with Gasteiger partial charge in [0.25, 0.3) is 0 Å². The molecule has 0 bridgehead atoms. The molecule has 0 saturated carbocycles.